The first-order valence-electron chi connectivity index (χ1n) is 5.10. The van der Waals surface area contributed by atoms with Crippen molar-refractivity contribution >= 4 is 28.9 Å². The van der Waals surface area contributed by atoms with Crippen molar-refractivity contribution in [1.29, 1.82) is 0 Å². The second kappa shape index (κ2) is 6.45. The molecule has 96 valence electrons. The van der Waals surface area contributed by atoms with Crippen molar-refractivity contribution in [2.24, 2.45) is 0 Å². The SMILES string of the molecule is O=C(CCN1CCSC1=O)NCC(O)C(=O)O. The second-order valence-corrected chi connectivity index (χ2v) is 4.56. The quantitative estimate of drug-likeness (QED) is 0.573. The number of carboxylic acid groups (broad SMARTS) is 1. The van der Waals surface area contributed by atoms with Crippen LogP contribution in [0.25, 0.3) is 0 Å². The van der Waals surface area contributed by atoms with Crippen LogP contribution < -0.4 is 5.32 Å². The van der Waals surface area contributed by atoms with Crippen LogP contribution in [0.2, 0.25) is 0 Å². The number of aliphatic hydroxyl groups is 1. The predicted octanol–water partition coefficient (Wildman–Crippen LogP) is -0.893. The molecule has 0 radical (unpaired) electrons. The molecule has 1 aliphatic rings. The van der Waals surface area contributed by atoms with Gasteiger partial charge in [-0.1, -0.05) is 11.8 Å². The van der Waals surface area contributed by atoms with Crippen LogP contribution in [-0.4, -0.2) is 63.7 Å². The smallest absolute Gasteiger partial charge is 0.334 e. The van der Waals surface area contributed by atoms with Crippen LogP contribution in [0.4, 0.5) is 4.79 Å². The monoisotopic (exact) mass is 262 g/mol. The molecule has 0 aromatic rings. The molecule has 2 amide bonds. The van der Waals surface area contributed by atoms with Crippen molar-refractivity contribution in [3.05, 3.63) is 0 Å². The Bertz CT molecular complexity index is 323. The number of aliphatic carboxylic acids is 1. The molecular weight excluding hydrogens is 248 g/mol. The predicted molar refractivity (Wildman–Crippen MR) is 60.7 cm³/mol. The zero-order valence-electron chi connectivity index (χ0n) is 9.09. The number of amides is 2. The highest BCUT2D eigenvalue weighted by Crippen LogP contribution is 2.16. The molecule has 0 spiro atoms. The van der Waals surface area contributed by atoms with E-state index in [0.29, 0.717) is 13.1 Å². The van der Waals surface area contributed by atoms with E-state index >= 15 is 0 Å². The number of carboxylic acids is 1. The Labute approximate surface area is 102 Å². The van der Waals surface area contributed by atoms with Crippen LogP contribution in [0.3, 0.4) is 0 Å². The average molecular weight is 262 g/mol. The van der Waals surface area contributed by atoms with Gasteiger partial charge >= 0.3 is 5.97 Å². The summed E-state index contributed by atoms with van der Waals surface area (Å²) in [6.45, 7) is 0.631. The molecule has 1 unspecified atom stereocenters. The molecule has 0 aliphatic carbocycles. The number of nitrogens with zero attached hydrogens (tertiary/aromatic N) is 1. The Kier molecular flexibility index (Phi) is 5.23. The number of carbonyl (C=O) groups is 3. The summed E-state index contributed by atoms with van der Waals surface area (Å²) in [4.78, 5) is 34.3. The molecule has 1 saturated heterocycles. The first kappa shape index (κ1) is 13.8. The van der Waals surface area contributed by atoms with Crippen LogP contribution >= 0.6 is 11.8 Å². The van der Waals surface area contributed by atoms with E-state index in [0.717, 1.165) is 5.75 Å². The highest BCUT2D eigenvalue weighted by atomic mass is 32.2. The summed E-state index contributed by atoms with van der Waals surface area (Å²) in [5.41, 5.74) is 0. The van der Waals surface area contributed by atoms with Gasteiger partial charge in [0.25, 0.3) is 5.24 Å². The Hall–Kier alpha value is -1.28. The van der Waals surface area contributed by atoms with Gasteiger partial charge in [0, 0.05) is 25.3 Å². The summed E-state index contributed by atoms with van der Waals surface area (Å²) in [6, 6.07) is 0. The number of rotatable bonds is 6. The topological polar surface area (TPSA) is 107 Å². The summed E-state index contributed by atoms with van der Waals surface area (Å²) < 4.78 is 0. The molecule has 0 aromatic carbocycles. The molecule has 1 rings (SSSR count). The van der Waals surface area contributed by atoms with Crippen LogP contribution in [-0.2, 0) is 9.59 Å². The molecular formula is C9H14N2O5S. The van der Waals surface area contributed by atoms with E-state index in [2.05, 4.69) is 5.32 Å². The average Bonchev–Trinajstić information content (AvgIpc) is 2.68. The van der Waals surface area contributed by atoms with Crippen molar-refractivity contribution in [3.8, 4) is 0 Å². The van der Waals surface area contributed by atoms with Gasteiger partial charge < -0.3 is 20.4 Å². The fraction of sp³-hybridized carbons (Fsp3) is 0.667. The molecule has 0 bridgehead atoms. The third-order valence-electron chi connectivity index (χ3n) is 2.23. The van der Waals surface area contributed by atoms with Gasteiger partial charge in [-0.3, -0.25) is 9.59 Å². The van der Waals surface area contributed by atoms with Crippen LogP contribution in [0.5, 0.6) is 0 Å². The lowest BCUT2D eigenvalue weighted by molar-refractivity contribution is -0.146. The van der Waals surface area contributed by atoms with E-state index in [-0.39, 0.29) is 24.1 Å². The minimum absolute atomic E-state index is 0.0385. The number of thioether (sulfide) groups is 1. The van der Waals surface area contributed by atoms with Gasteiger partial charge in [0.15, 0.2) is 6.10 Å². The van der Waals surface area contributed by atoms with E-state index in [1.807, 2.05) is 0 Å². The van der Waals surface area contributed by atoms with Crippen molar-refractivity contribution in [2.45, 2.75) is 12.5 Å². The minimum atomic E-state index is -1.59. The van der Waals surface area contributed by atoms with Gasteiger partial charge in [-0.2, -0.15) is 0 Å². The van der Waals surface area contributed by atoms with E-state index in [9.17, 15) is 14.4 Å². The van der Waals surface area contributed by atoms with Crippen molar-refractivity contribution in [1.82, 2.24) is 10.2 Å². The Morgan fingerprint density at radius 1 is 1.53 bits per heavy atom. The highest BCUT2D eigenvalue weighted by Gasteiger charge is 2.21. The summed E-state index contributed by atoms with van der Waals surface area (Å²) >= 11 is 1.22. The molecule has 0 saturated carbocycles. The number of hydrogen-bond acceptors (Lipinski definition) is 5. The zero-order valence-corrected chi connectivity index (χ0v) is 9.90. The first-order valence-corrected chi connectivity index (χ1v) is 6.08. The van der Waals surface area contributed by atoms with Crippen LogP contribution in [0, 0.1) is 0 Å². The van der Waals surface area contributed by atoms with Gasteiger partial charge in [0.05, 0.1) is 6.54 Å². The first-order chi connectivity index (χ1) is 8.00. The largest absolute Gasteiger partial charge is 0.479 e. The maximum Gasteiger partial charge on any atom is 0.334 e. The van der Waals surface area contributed by atoms with E-state index in [1.54, 1.807) is 4.90 Å². The lowest BCUT2D eigenvalue weighted by Crippen LogP contribution is -2.38. The van der Waals surface area contributed by atoms with Crippen molar-refractivity contribution in [2.75, 3.05) is 25.4 Å². The van der Waals surface area contributed by atoms with Crippen LogP contribution in [0.1, 0.15) is 6.42 Å². The Morgan fingerprint density at radius 3 is 2.76 bits per heavy atom. The summed E-state index contributed by atoms with van der Waals surface area (Å²) in [7, 11) is 0. The van der Waals surface area contributed by atoms with Gasteiger partial charge in [0.1, 0.15) is 0 Å². The number of nitrogens with one attached hydrogen (secondary N) is 1. The minimum Gasteiger partial charge on any atom is -0.479 e. The fourth-order valence-corrected chi connectivity index (χ4v) is 2.10. The molecule has 7 nitrogen and oxygen atoms in total. The van der Waals surface area contributed by atoms with E-state index in [1.165, 1.54) is 11.8 Å². The molecule has 1 atom stereocenters. The summed E-state index contributed by atoms with van der Waals surface area (Å²) in [5.74, 6) is -1.02. The van der Waals surface area contributed by atoms with Gasteiger partial charge in [-0.15, -0.1) is 0 Å². The van der Waals surface area contributed by atoms with Gasteiger partial charge in [-0.25, -0.2) is 4.79 Å². The third kappa shape index (κ3) is 4.61. The maximum absolute atomic E-state index is 11.3. The fourth-order valence-electron chi connectivity index (χ4n) is 1.25. The van der Waals surface area contributed by atoms with Gasteiger partial charge in [0.2, 0.25) is 5.91 Å². The number of hydrogen-bond donors (Lipinski definition) is 3. The normalized spacial score (nSPS) is 17.0. The Balaban J connectivity index is 2.17. The summed E-state index contributed by atoms with van der Waals surface area (Å²) in [6.07, 6.45) is -1.48. The lowest BCUT2D eigenvalue weighted by Gasteiger charge is -2.14. The van der Waals surface area contributed by atoms with E-state index in [4.69, 9.17) is 10.2 Å². The molecule has 8 heteroatoms. The van der Waals surface area contributed by atoms with Crippen molar-refractivity contribution < 1.29 is 24.6 Å². The highest BCUT2D eigenvalue weighted by molar-refractivity contribution is 8.13. The molecule has 1 aliphatic heterocycles. The molecule has 1 fully saturated rings. The van der Waals surface area contributed by atoms with Gasteiger partial charge in [-0.05, 0) is 0 Å². The zero-order chi connectivity index (χ0) is 12.8. The maximum atomic E-state index is 11.3. The second-order valence-electron chi connectivity index (χ2n) is 3.51. The van der Waals surface area contributed by atoms with E-state index < -0.39 is 12.1 Å². The standard InChI is InChI=1S/C9H14N2O5S/c12-6(8(14)15)5-10-7(13)1-2-11-3-4-17-9(11)16/h6,12H,1-5H2,(H,10,13)(H,14,15). The number of aliphatic hydroxyl groups excluding tert-OH is 1. The molecule has 3 N–H and O–H groups in total. The Morgan fingerprint density at radius 2 is 2.24 bits per heavy atom. The molecule has 1 heterocycles. The number of carbonyl (C=O) groups excluding carboxylic acids is 2. The summed E-state index contributed by atoms with van der Waals surface area (Å²) in [5, 5.41) is 19.5. The molecule has 0 aromatic heterocycles. The lowest BCUT2D eigenvalue weighted by atomic mass is 10.3. The molecule has 17 heavy (non-hydrogen) atoms. The van der Waals surface area contributed by atoms with Crippen LogP contribution in [0.15, 0.2) is 0 Å². The third-order valence-corrected chi connectivity index (χ3v) is 3.12. The van der Waals surface area contributed by atoms with Crippen molar-refractivity contribution in [3.63, 3.8) is 0 Å².